The Morgan fingerprint density at radius 1 is 1.00 bits per heavy atom. The third kappa shape index (κ3) is 3.99. The Morgan fingerprint density at radius 2 is 1.65 bits per heavy atom. The van der Waals surface area contributed by atoms with Gasteiger partial charge in [0, 0.05) is 22.6 Å². The maximum absolute atomic E-state index is 6.10. The van der Waals surface area contributed by atoms with Crippen molar-refractivity contribution in [2.24, 2.45) is 0 Å². The van der Waals surface area contributed by atoms with Crippen molar-refractivity contribution in [3.63, 3.8) is 0 Å². The SMILES string of the molecule is Cc1ccc(CNC(C)C)cc1-c1cc(Cl)cc(Cl)c1. The summed E-state index contributed by atoms with van der Waals surface area (Å²) in [6.45, 7) is 7.25. The number of halogens is 2. The van der Waals surface area contributed by atoms with Gasteiger partial charge in [0.15, 0.2) is 0 Å². The average Bonchev–Trinajstić information content (AvgIpc) is 2.36. The van der Waals surface area contributed by atoms with Gasteiger partial charge in [-0.3, -0.25) is 0 Å². The van der Waals surface area contributed by atoms with Crippen LogP contribution in [0.4, 0.5) is 0 Å². The van der Waals surface area contributed by atoms with Crippen molar-refractivity contribution in [1.82, 2.24) is 5.32 Å². The van der Waals surface area contributed by atoms with Crippen LogP contribution in [-0.4, -0.2) is 6.04 Å². The molecule has 0 spiro atoms. The van der Waals surface area contributed by atoms with Crippen molar-refractivity contribution < 1.29 is 0 Å². The smallest absolute Gasteiger partial charge is 0.0426 e. The van der Waals surface area contributed by atoms with Crippen LogP contribution >= 0.6 is 23.2 Å². The Bertz CT molecular complexity index is 586. The van der Waals surface area contributed by atoms with Crippen molar-refractivity contribution in [1.29, 1.82) is 0 Å². The lowest BCUT2D eigenvalue weighted by molar-refractivity contribution is 0.589. The van der Waals surface area contributed by atoms with Gasteiger partial charge in [0.1, 0.15) is 0 Å². The van der Waals surface area contributed by atoms with Crippen LogP contribution in [-0.2, 0) is 6.54 Å². The van der Waals surface area contributed by atoms with E-state index in [1.165, 1.54) is 16.7 Å². The molecule has 3 heteroatoms. The Labute approximate surface area is 130 Å². The summed E-state index contributed by atoms with van der Waals surface area (Å²) in [6.07, 6.45) is 0. The van der Waals surface area contributed by atoms with Gasteiger partial charge in [-0.25, -0.2) is 0 Å². The molecular weight excluding hydrogens is 289 g/mol. The van der Waals surface area contributed by atoms with Crippen LogP contribution < -0.4 is 5.32 Å². The van der Waals surface area contributed by atoms with Crippen molar-refractivity contribution in [2.45, 2.75) is 33.4 Å². The van der Waals surface area contributed by atoms with Crippen LogP contribution in [0.15, 0.2) is 36.4 Å². The van der Waals surface area contributed by atoms with Gasteiger partial charge in [0.05, 0.1) is 0 Å². The molecule has 2 rings (SSSR count). The molecule has 0 aromatic heterocycles. The molecule has 1 nitrogen and oxygen atoms in total. The first-order chi connectivity index (χ1) is 9.45. The molecule has 0 radical (unpaired) electrons. The molecule has 1 N–H and O–H groups in total. The highest BCUT2D eigenvalue weighted by Gasteiger charge is 2.06. The minimum Gasteiger partial charge on any atom is -0.310 e. The summed E-state index contributed by atoms with van der Waals surface area (Å²) in [4.78, 5) is 0. The van der Waals surface area contributed by atoms with E-state index in [9.17, 15) is 0 Å². The van der Waals surface area contributed by atoms with Crippen LogP contribution in [0.2, 0.25) is 10.0 Å². The van der Waals surface area contributed by atoms with Crippen LogP contribution in [0.5, 0.6) is 0 Å². The first-order valence-corrected chi connectivity index (χ1v) is 7.50. The fourth-order valence-corrected chi connectivity index (χ4v) is 2.65. The van der Waals surface area contributed by atoms with Gasteiger partial charge in [-0.15, -0.1) is 0 Å². The third-order valence-electron chi connectivity index (χ3n) is 3.19. The van der Waals surface area contributed by atoms with E-state index < -0.39 is 0 Å². The zero-order chi connectivity index (χ0) is 14.7. The lowest BCUT2D eigenvalue weighted by Crippen LogP contribution is -2.21. The lowest BCUT2D eigenvalue weighted by atomic mass is 9.98. The molecule has 0 aliphatic heterocycles. The molecule has 2 aromatic rings. The van der Waals surface area contributed by atoms with Crippen molar-refractivity contribution in [2.75, 3.05) is 0 Å². The Balaban J connectivity index is 2.37. The summed E-state index contributed by atoms with van der Waals surface area (Å²) in [5.41, 5.74) is 4.72. The van der Waals surface area contributed by atoms with E-state index in [0.29, 0.717) is 16.1 Å². The first kappa shape index (κ1) is 15.4. The van der Waals surface area contributed by atoms with Gasteiger partial charge < -0.3 is 5.32 Å². The molecule has 20 heavy (non-hydrogen) atoms. The van der Waals surface area contributed by atoms with Gasteiger partial charge in [-0.05, 0) is 53.4 Å². The van der Waals surface area contributed by atoms with Gasteiger partial charge in [0.25, 0.3) is 0 Å². The zero-order valence-electron chi connectivity index (χ0n) is 12.0. The predicted molar refractivity (Wildman–Crippen MR) is 88.6 cm³/mol. The second kappa shape index (κ2) is 6.62. The molecule has 2 aromatic carbocycles. The van der Waals surface area contributed by atoms with Crippen molar-refractivity contribution in [3.05, 3.63) is 57.6 Å². The molecule has 0 aliphatic carbocycles. The van der Waals surface area contributed by atoms with Gasteiger partial charge >= 0.3 is 0 Å². The molecule has 0 fully saturated rings. The lowest BCUT2D eigenvalue weighted by Gasteiger charge is -2.12. The van der Waals surface area contributed by atoms with E-state index in [1.807, 2.05) is 12.1 Å². The maximum atomic E-state index is 6.10. The van der Waals surface area contributed by atoms with E-state index >= 15 is 0 Å². The van der Waals surface area contributed by atoms with E-state index in [4.69, 9.17) is 23.2 Å². The summed E-state index contributed by atoms with van der Waals surface area (Å²) in [7, 11) is 0. The highest BCUT2D eigenvalue weighted by atomic mass is 35.5. The van der Waals surface area contributed by atoms with Crippen LogP contribution in [0, 0.1) is 6.92 Å². The standard InChI is InChI=1S/C17H19Cl2N/c1-11(2)20-10-13-5-4-12(3)17(6-13)14-7-15(18)9-16(19)8-14/h4-9,11,20H,10H2,1-3H3. The summed E-state index contributed by atoms with van der Waals surface area (Å²) in [5.74, 6) is 0. The molecule has 0 heterocycles. The fraction of sp³-hybridized carbons (Fsp3) is 0.294. The molecule has 0 aliphatic rings. The highest BCUT2D eigenvalue weighted by molar-refractivity contribution is 6.35. The predicted octanol–water partition coefficient (Wildman–Crippen LogP) is 5.47. The highest BCUT2D eigenvalue weighted by Crippen LogP contribution is 2.30. The molecule has 0 unspecified atom stereocenters. The molecule has 106 valence electrons. The summed E-state index contributed by atoms with van der Waals surface area (Å²) >= 11 is 12.2. The monoisotopic (exact) mass is 307 g/mol. The number of hydrogen-bond acceptors (Lipinski definition) is 1. The molecule has 0 bridgehead atoms. The van der Waals surface area contributed by atoms with Gasteiger partial charge in [-0.2, -0.15) is 0 Å². The number of rotatable bonds is 4. The molecule has 0 amide bonds. The van der Waals surface area contributed by atoms with Crippen molar-refractivity contribution >= 4 is 23.2 Å². The molecule has 0 saturated carbocycles. The second-order valence-corrected chi connectivity index (χ2v) is 6.22. The average molecular weight is 308 g/mol. The maximum Gasteiger partial charge on any atom is 0.0426 e. The topological polar surface area (TPSA) is 12.0 Å². The van der Waals surface area contributed by atoms with Crippen LogP contribution in [0.1, 0.15) is 25.0 Å². The summed E-state index contributed by atoms with van der Waals surface area (Å²) < 4.78 is 0. The Kier molecular flexibility index (Phi) is 5.09. The quantitative estimate of drug-likeness (QED) is 0.790. The zero-order valence-corrected chi connectivity index (χ0v) is 13.5. The largest absolute Gasteiger partial charge is 0.310 e. The first-order valence-electron chi connectivity index (χ1n) is 6.75. The number of nitrogens with one attached hydrogen (secondary N) is 1. The molecule has 0 saturated heterocycles. The van der Waals surface area contributed by atoms with E-state index in [1.54, 1.807) is 6.07 Å². The van der Waals surface area contributed by atoms with Gasteiger partial charge in [-0.1, -0.05) is 49.2 Å². The Morgan fingerprint density at radius 3 is 2.25 bits per heavy atom. The number of aryl methyl sites for hydroxylation is 1. The van der Waals surface area contributed by atoms with Crippen LogP contribution in [0.25, 0.3) is 11.1 Å². The fourth-order valence-electron chi connectivity index (χ4n) is 2.12. The van der Waals surface area contributed by atoms with Crippen molar-refractivity contribution in [3.8, 4) is 11.1 Å². The number of benzene rings is 2. The van der Waals surface area contributed by atoms with E-state index in [2.05, 4.69) is 44.3 Å². The van der Waals surface area contributed by atoms with Crippen LogP contribution in [0.3, 0.4) is 0 Å². The minimum atomic E-state index is 0.473. The Hall–Kier alpha value is -1.02. The summed E-state index contributed by atoms with van der Waals surface area (Å²) in [6, 6.07) is 12.6. The van der Waals surface area contributed by atoms with E-state index in [0.717, 1.165) is 12.1 Å². The second-order valence-electron chi connectivity index (χ2n) is 5.34. The third-order valence-corrected chi connectivity index (χ3v) is 3.63. The number of hydrogen-bond donors (Lipinski definition) is 1. The molecular formula is C17H19Cl2N. The molecule has 0 atom stereocenters. The normalized spacial score (nSPS) is 11.1. The van der Waals surface area contributed by atoms with Gasteiger partial charge in [0.2, 0.25) is 0 Å². The summed E-state index contributed by atoms with van der Waals surface area (Å²) in [5, 5.41) is 4.76. The van der Waals surface area contributed by atoms with E-state index in [-0.39, 0.29) is 0 Å². The minimum absolute atomic E-state index is 0.473.